The van der Waals surface area contributed by atoms with Crippen LogP contribution in [0, 0.1) is 12.7 Å². The molecule has 1 amide bonds. The molecule has 0 unspecified atom stereocenters. The summed E-state index contributed by atoms with van der Waals surface area (Å²) in [5, 5.41) is 0.661. The van der Waals surface area contributed by atoms with Crippen LogP contribution in [0.5, 0.6) is 5.75 Å². The number of carbonyl (C=O) groups excluding carboxylic acids is 1. The zero-order valence-corrected chi connectivity index (χ0v) is 18.1. The Hall–Kier alpha value is -3.03. The van der Waals surface area contributed by atoms with Crippen molar-refractivity contribution in [1.29, 1.82) is 0 Å². The number of carbonyl (C=O) groups is 1. The first-order valence-corrected chi connectivity index (χ1v) is 11.0. The number of benzene rings is 2. The molecular weight excluding hydrogens is 409 g/mol. The average Bonchev–Trinajstić information content (AvgIpc) is 3.00. The highest BCUT2D eigenvalue weighted by molar-refractivity contribution is 6.06. The van der Waals surface area contributed by atoms with E-state index in [0.717, 1.165) is 44.2 Å². The molecule has 5 rings (SSSR count). The molecule has 6 nitrogen and oxygen atoms in total. The van der Waals surface area contributed by atoms with Gasteiger partial charge in [0.15, 0.2) is 0 Å². The van der Waals surface area contributed by atoms with Crippen LogP contribution in [0.4, 0.5) is 4.39 Å². The summed E-state index contributed by atoms with van der Waals surface area (Å²) in [6, 6.07) is 12.4. The van der Waals surface area contributed by atoms with E-state index >= 15 is 0 Å². The molecule has 0 saturated carbocycles. The molecule has 0 spiro atoms. The quantitative estimate of drug-likeness (QED) is 0.630. The summed E-state index contributed by atoms with van der Waals surface area (Å²) in [7, 11) is 0. The van der Waals surface area contributed by atoms with Gasteiger partial charge < -0.3 is 14.4 Å². The number of amides is 1. The minimum Gasteiger partial charge on any atom is -0.491 e. The number of halogens is 1. The van der Waals surface area contributed by atoms with Crippen LogP contribution in [-0.4, -0.2) is 60.1 Å². The molecule has 0 radical (unpaired) electrons. The van der Waals surface area contributed by atoms with E-state index in [0.29, 0.717) is 41.9 Å². The summed E-state index contributed by atoms with van der Waals surface area (Å²) < 4.78 is 25.1. The van der Waals surface area contributed by atoms with Crippen LogP contribution in [0.25, 0.3) is 10.9 Å². The number of hydrogen-bond acceptors (Lipinski definition) is 5. The maximum absolute atomic E-state index is 13.7. The van der Waals surface area contributed by atoms with Crippen molar-refractivity contribution in [2.24, 2.45) is 0 Å². The Labute approximate surface area is 186 Å². The summed E-state index contributed by atoms with van der Waals surface area (Å²) in [6.07, 6.45) is 0. The number of nitrogens with zero attached hydrogens (tertiary/aromatic N) is 3. The van der Waals surface area contributed by atoms with Crippen LogP contribution in [0.1, 0.15) is 27.2 Å². The van der Waals surface area contributed by atoms with E-state index < -0.39 is 0 Å². The van der Waals surface area contributed by atoms with Crippen molar-refractivity contribution in [3.63, 3.8) is 0 Å². The predicted molar refractivity (Wildman–Crippen MR) is 119 cm³/mol. The lowest BCUT2D eigenvalue weighted by Gasteiger charge is -2.27. The lowest BCUT2D eigenvalue weighted by atomic mass is 10.0. The van der Waals surface area contributed by atoms with Gasteiger partial charge >= 0.3 is 0 Å². The number of rotatable bonds is 3. The van der Waals surface area contributed by atoms with Crippen molar-refractivity contribution in [2.75, 3.05) is 39.5 Å². The summed E-state index contributed by atoms with van der Waals surface area (Å²) >= 11 is 0. The third kappa shape index (κ3) is 4.31. The number of ether oxygens (including phenoxy) is 2. The Kier molecular flexibility index (Phi) is 5.76. The lowest BCUT2D eigenvalue weighted by molar-refractivity contribution is 0.0341. The van der Waals surface area contributed by atoms with Crippen LogP contribution in [-0.2, 0) is 17.8 Å². The first kappa shape index (κ1) is 20.8. The number of morpholine rings is 1. The summed E-state index contributed by atoms with van der Waals surface area (Å²) in [4.78, 5) is 22.1. The molecule has 0 atom stereocenters. The van der Waals surface area contributed by atoms with Gasteiger partial charge in [0.1, 0.15) is 18.2 Å². The van der Waals surface area contributed by atoms with Gasteiger partial charge in [0.2, 0.25) is 0 Å². The van der Waals surface area contributed by atoms with Gasteiger partial charge in [-0.2, -0.15) is 0 Å². The molecule has 0 N–H and O–H groups in total. The first-order chi connectivity index (χ1) is 15.6. The maximum Gasteiger partial charge on any atom is 0.255 e. The fourth-order valence-electron chi connectivity index (χ4n) is 4.42. The normalized spacial score (nSPS) is 17.0. The molecule has 2 aliphatic rings. The van der Waals surface area contributed by atoms with Crippen LogP contribution in [0.15, 0.2) is 42.5 Å². The first-order valence-electron chi connectivity index (χ1n) is 11.0. The van der Waals surface area contributed by atoms with Crippen LogP contribution >= 0.6 is 0 Å². The zero-order chi connectivity index (χ0) is 22.1. The lowest BCUT2D eigenvalue weighted by Crippen LogP contribution is -2.35. The van der Waals surface area contributed by atoms with E-state index in [-0.39, 0.29) is 11.7 Å². The summed E-state index contributed by atoms with van der Waals surface area (Å²) in [5.74, 6) is 0.366. The number of pyridine rings is 1. The maximum atomic E-state index is 13.7. The standard InChI is InChI=1S/C25H26FN3O3/c1-17-12-22(21-4-3-20(26)14-23(21)27-17)25(30)29-8-11-32-24-5-2-18(13-19(24)16-29)15-28-6-9-31-10-7-28/h2-5,12-14H,6-11,15-16H2,1H3. The van der Waals surface area contributed by atoms with Gasteiger partial charge in [0, 0.05) is 48.9 Å². The van der Waals surface area contributed by atoms with Gasteiger partial charge in [-0.25, -0.2) is 4.39 Å². The molecule has 1 aromatic heterocycles. The van der Waals surface area contributed by atoms with Gasteiger partial charge in [0.25, 0.3) is 5.91 Å². The number of aromatic nitrogens is 1. The second kappa shape index (κ2) is 8.84. The highest BCUT2D eigenvalue weighted by atomic mass is 19.1. The molecule has 2 aromatic carbocycles. The van der Waals surface area contributed by atoms with Crippen molar-refractivity contribution in [1.82, 2.24) is 14.8 Å². The van der Waals surface area contributed by atoms with Gasteiger partial charge in [-0.1, -0.05) is 6.07 Å². The average molecular weight is 435 g/mol. The molecule has 3 heterocycles. The van der Waals surface area contributed by atoms with E-state index in [1.165, 1.54) is 17.7 Å². The minimum absolute atomic E-state index is 0.0952. The molecular formula is C25H26FN3O3. The van der Waals surface area contributed by atoms with Crippen molar-refractivity contribution >= 4 is 16.8 Å². The summed E-state index contributed by atoms with van der Waals surface area (Å²) in [6.45, 7) is 7.42. The predicted octanol–water partition coefficient (Wildman–Crippen LogP) is 3.55. The van der Waals surface area contributed by atoms with Gasteiger partial charge in [-0.05, 0) is 42.8 Å². The Bertz CT molecular complexity index is 1160. The fraction of sp³-hybridized carbons (Fsp3) is 0.360. The van der Waals surface area contributed by atoms with Crippen molar-refractivity contribution in [2.45, 2.75) is 20.0 Å². The second-order valence-corrected chi connectivity index (χ2v) is 8.38. The molecule has 32 heavy (non-hydrogen) atoms. The van der Waals surface area contributed by atoms with Crippen LogP contribution in [0.3, 0.4) is 0 Å². The van der Waals surface area contributed by atoms with Crippen molar-refractivity contribution in [3.8, 4) is 5.75 Å². The number of hydrogen-bond donors (Lipinski definition) is 0. The van der Waals surface area contributed by atoms with Crippen LogP contribution < -0.4 is 4.74 Å². The van der Waals surface area contributed by atoms with Gasteiger partial charge in [0.05, 0.1) is 30.8 Å². The Morgan fingerprint density at radius 2 is 1.91 bits per heavy atom. The topological polar surface area (TPSA) is 54.9 Å². The van der Waals surface area contributed by atoms with E-state index in [9.17, 15) is 9.18 Å². The molecule has 166 valence electrons. The molecule has 1 saturated heterocycles. The Morgan fingerprint density at radius 1 is 1.06 bits per heavy atom. The van der Waals surface area contributed by atoms with Crippen molar-refractivity contribution < 1.29 is 18.7 Å². The number of fused-ring (bicyclic) bond motifs is 2. The van der Waals surface area contributed by atoms with E-state index in [4.69, 9.17) is 9.47 Å². The van der Waals surface area contributed by atoms with Gasteiger partial charge in [-0.15, -0.1) is 0 Å². The van der Waals surface area contributed by atoms with E-state index in [2.05, 4.69) is 22.0 Å². The molecule has 2 aliphatic heterocycles. The SMILES string of the molecule is Cc1cc(C(=O)N2CCOc3ccc(CN4CCOCC4)cc3C2)c2ccc(F)cc2n1. The Balaban J connectivity index is 1.42. The second-order valence-electron chi connectivity index (χ2n) is 8.38. The van der Waals surface area contributed by atoms with E-state index in [1.807, 2.05) is 17.9 Å². The fourth-order valence-corrected chi connectivity index (χ4v) is 4.42. The smallest absolute Gasteiger partial charge is 0.255 e. The third-order valence-electron chi connectivity index (χ3n) is 6.03. The van der Waals surface area contributed by atoms with Crippen LogP contribution in [0.2, 0.25) is 0 Å². The molecule has 0 aliphatic carbocycles. The van der Waals surface area contributed by atoms with Gasteiger partial charge in [-0.3, -0.25) is 14.7 Å². The third-order valence-corrected chi connectivity index (χ3v) is 6.03. The van der Waals surface area contributed by atoms with Crippen molar-refractivity contribution in [3.05, 3.63) is 70.7 Å². The monoisotopic (exact) mass is 435 g/mol. The largest absolute Gasteiger partial charge is 0.491 e. The molecule has 0 bridgehead atoms. The molecule has 7 heteroatoms. The zero-order valence-electron chi connectivity index (χ0n) is 18.1. The number of aryl methyl sites for hydroxylation is 1. The van der Waals surface area contributed by atoms with E-state index in [1.54, 1.807) is 12.1 Å². The highest BCUT2D eigenvalue weighted by Crippen LogP contribution is 2.27. The minimum atomic E-state index is -0.362. The summed E-state index contributed by atoms with van der Waals surface area (Å²) in [5.41, 5.74) is 3.92. The highest BCUT2D eigenvalue weighted by Gasteiger charge is 2.24. The molecule has 3 aromatic rings. The Morgan fingerprint density at radius 3 is 2.75 bits per heavy atom. The molecule has 1 fully saturated rings.